The van der Waals surface area contributed by atoms with Crippen molar-refractivity contribution < 1.29 is 9.18 Å². The zero-order chi connectivity index (χ0) is 15.0. The molecule has 0 bridgehead atoms. The fourth-order valence-corrected chi connectivity index (χ4v) is 3.47. The van der Waals surface area contributed by atoms with Crippen LogP contribution in [-0.4, -0.2) is 18.2 Å². The van der Waals surface area contributed by atoms with E-state index in [0.717, 1.165) is 16.3 Å². The number of para-hydroxylation sites is 1. The van der Waals surface area contributed by atoms with Crippen LogP contribution in [0.2, 0.25) is 0 Å². The van der Waals surface area contributed by atoms with Crippen LogP contribution < -0.4 is 10.6 Å². The summed E-state index contributed by atoms with van der Waals surface area (Å²) in [6.07, 6.45) is 0. The molecule has 5 heteroatoms. The molecule has 0 atom stereocenters. The third kappa shape index (κ3) is 2.49. The van der Waals surface area contributed by atoms with Crippen molar-refractivity contribution in [1.82, 2.24) is 0 Å². The van der Waals surface area contributed by atoms with Gasteiger partial charge in [0, 0.05) is 22.9 Å². The van der Waals surface area contributed by atoms with Crippen LogP contribution in [0.25, 0.3) is 0 Å². The number of nitrogens with zero attached hydrogens (tertiary/aromatic N) is 1. The molecule has 0 radical (unpaired) electrons. The van der Waals surface area contributed by atoms with Crippen LogP contribution in [0, 0.1) is 12.7 Å². The smallest absolute Gasteiger partial charge is 0.261 e. The average molecular weight is 302 g/mol. The quantitative estimate of drug-likeness (QED) is 0.821. The van der Waals surface area contributed by atoms with Gasteiger partial charge in [-0.2, -0.15) is 0 Å². The number of fused-ring (bicyclic) bond motifs is 1. The van der Waals surface area contributed by atoms with Crippen LogP contribution in [0.3, 0.4) is 0 Å². The maximum Gasteiger partial charge on any atom is 0.261 e. The Kier molecular flexibility index (Phi) is 3.59. The van der Waals surface area contributed by atoms with E-state index in [2.05, 4.69) is 0 Å². The molecule has 0 unspecified atom stereocenters. The number of aryl methyl sites for hydroxylation is 1. The van der Waals surface area contributed by atoms with Crippen LogP contribution >= 0.6 is 11.8 Å². The van der Waals surface area contributed by atoms with Gasteiger partial charge in [-0.05, 0) is 36.8 Å². The SMILES string of the molecule is Cc1cc(N)cc(C(=O)N2CCSc3ccccc32)c1F. The lowest BCUT2D eigenvalue weighted by atomic mass is 10.1. The van der Waals surface area contributed by atoms with E-state index in [1.807, 2.05) is 24.3 Å². The number of hydrogen-bond acceptors (Lipinski definition) is 3. The average Bonchev–Trinajstić information content (AvgIpc) is 2.49. The minimum Gasteiger partial charge on any atom is -0.399 e. The number of halogens is 1. The number of hydrogen-bond donors (Lipinski definition) is 1. The highest BCUT2D eigenvalue weighted by atomic mass is 32.2. The van der Waals surface area contributed by atoms with Crippen molar-refractivity contribution >= 4 is 29.0 Å². The molecule has 1 aliphatic heterocycles. The summed E-state index contributed by atoms with van der Waals surface area (Å²) in [7, 11) is 0. The highest BCUT2D eigenvalue weighted by molar-refractivity contribution is 7.99. The molecule has 2 aromatic rings. The first-order chi connectivity index (χ1) is 10.1. The molecule has 3 nitrogen and oxygen atoms in total. The van der Waals surface area contributed by atoms with Crippen molar-refractivity contribution in [3.8, 4) is 0 Å². The molecule has 0 saturated heterocycles. The highest BCUT2D eigenvalue weighted by Gasteiger charge is 2.26. The molecule has 1 heterocycles. The fourth-order valence-electron chi connectivity index (χ4n) is 2.48. The second-order valence-electron chi connectivity index (χ2n) is 4.97. The largest absolute Gasteiger partial charge is 0.399 e. The molecule has 108 valence electrons. The predicted molar refractivity (Wildman–Crippen MR) is 84.4 cm³/mol. The normalized spacial score (nSPS) is 13.9. The lowest BCUT2D eigenvalue weighted by Crippen LogP contribution is -2.36. The van der Waals surface area contributed by atoms with Crippen molar-refractivity contribution in [3.63, 3.8) is 0 Å². The van der Waals surface area contributed by atoms with Crippen molar-refractivity contribution in [2.45, 2.75) is 11.8 Å². The zero-order valence-corrected chi connectivity index (χ0v) is 12.4. The number of carbonyl (C=O) groups excluding carboxylic acids is 1. The first-order valence-corrected chi connectivity index (χ1v) is 7.66. The third-order valence-corrected chi connectivity index (χ3v) is 4.52. The van der Waals surface area contributed by atoms with Gasteiger partial charge >= 0.3 is 0 Å². The van der Waals surface area contributed by atoms with Crippen molar-refractivity contribution in [3.05, 3.63) is 53.3 Å². The number of rotatable bonds is 1. The predicted octanol–water partition coefficient (Wildman–Crippen LogP) is 3.47. The van der Waals surface area contributed by atoms with Crippen LogP contribution in [0.4, 0.5) is 15.8 Å². The number of nitrogen functional groups attached to an aromatic ring is 1. The third-order valence-electron chi connectivity index (χ3n) is 3.48. The first kappa shape index (κ1) is 13.9. The molecule has 0 fully saturated rings. The molecule has 1 aliphatic rings. The van der Waals surface area contributed by atoms with E-state index in [1.165, 1.54) is 12.1 Å². The Balaban J connectivity index is 2.05. The van der Waals surface area contributed by atoms with Crippen LogP contribution in [0.1, 0.15) is 15.9 Å². The van der Waals surface area contributed by atoms with Crippen LogP contribution in [0.15, 0.2) is 41.3 Å². The van der Waals surface area contributed by atoms with E-state index < -0.39 is 5.82 Å². The first-order valence-electron chi connectivity index (χ1n) is 6.67. The Morgan fingerprint density at radius 1 is 1.33 bits per heavy atom. The minimum atomic E-state index is -0.495. The molecule has 3 rings (SSSR count). The van der Waals surface area contributed by atoms with Gasteiger partial charge in [0.15, 0.2) is 0 Å². The summed E-state index contributed by atoms with van der Waals surface area (Å²) in [5.74, 6) is -0.0355. The van der Waals surface area contributed by atoms with Gasteiger partial charge in [-0.15, -0.1) is 11.8 Å². The summed E-state index contributed by atoms with van der Waals surface area (Å²) in [6, 6.07) is 10.6. The number of carbonyl (C=O) groups is 1. The molecule has 1 amide bonds. The van der Waals surface area contributed by atoms with Gasteiger partial charge in [0.05, 0.1) is 11.3 Å². The number of anilines is 2. The minimum absolute atomic E-state index is 0.0363. The fraction of sp³-hybridized carbons (Fsp3) is 0.188. The van der Waals surface area contributed by atoms with Gasteiger partial charge in [0.25, 0.3) is 5.91 Å². The standard InChI is InChI=1S/C16H15FN2OS/c1-10-8-11(18)9-12(15(10)17)16(20)19-6-7-21-14-5-3-2-4-13(14)19/h2-5,8-9H,6-7,18H2,1H3. The lowest BCUT2D eigenvalue weighted by molar-refractivity contribution is 0.0983. The number of amides is 1. The van der Waals surface area contributed by atoms with E-state index in [1.54, 1.807) is 23.6 Å². The zero-order valence-electron chi connectivity index (χ0n) is 11.6. The Hall–Kier alpha value is -2.01. The molecule has 0 aromatic heterocycles. The van der Waals surface area contributed by atoms with E-state index in [4.69, 9.17) is 5.73 Å². The molecule has 0 spiro atoms. The van der Waals surface area contributed by atoms with Crippen molar-refractivity contribution in [1.29, 1.82) is 0 Å². The Bertz CT molecular complexity index is 717. The van der Waals surface area contributed by atoms with Crippen LogP contribution in [0.5, 0.6) is 0 Å². The molecule has 0 aliphatic carbocycles. The van der Waals surface area contributed by atoms with Gasteiger partial charge in [0.1, 0.15) is 5.82 Å². The maximum atomic E-state index is 14.3. The molecule has 2 N–H and O–H groups in total. The summed E-state index contributed by atoms with van der Waals surface area (Å²) >= 11 is 1.70. The molecule has 21 heavy (non-hydrogen) atoms. The number of nitrogens with two attached hydrogens (primary N) is 1. The summed E-state index contributed by atoms with van der Waals surface area (Å²) in [5, 5.41) is 0. The van der Waals surface area contributed by atoms with Gasteiger partial charge in [-0.1, -0.05) is 12.1 Å². The molecule has 0 saturated carbocycles. The lowest BCUT2D eigenvalue weighted by Gasteiger charge is -2.29. The second-order valence-corrected chi connectivity index (χ2v) is 6.11. The van der Waals surface area contributed by atoms with Crippen molar-refractivity contribution in [2.24, 2.45) is 0 Å². The monoisotopic (exact) mass is 302 g/mol. The van der Waals surface area contributed by atoms with Gasteiger partial charge in [0.2, 0.25) is 0 Å². The van der Waals surface area contributed by atoms with Crippen molar-refractivity contribution in [2.75, 3.05) is 22.9 Å². The van der Waals surface area contributed by atoms with Gasteiger partial charge < -0.3 is 10.6 Å². The number of thioether (sulfide) groups is 1. The van der Waals surface area contributed by atoms with Crippen LogP contribution in [-0.2, 0) is 0 Å². The second kappa shape index (κ2) is 5.41. The summed E-state index contributed by atoms with van der Waals surface area (Å²) in [4.78, 5) is 15.4. The number of benzene rings is 2. The Morgan fingerprint density at radius 2 is 2.10 bits per heavy atom. The molecular weight excluding hydrogens is 287 g/mol. The molecular formula is C16H15FN2OS. The van der Waals surface area contributed by atoms with E-state index >= 15 is 0 Å². The van der Waals surface area contributed by atoms with Gasteiger partial charge in [-0.25, -0.2) is 4.39 Å². The summed E-state index contributed by atoms with van der Waals surface area (Å²) < 4.78 is 14.3. The topological polar surface area (TPSA) is 46.3 Å². The Morgan fingerprint density at radius 3 is 2.90 bits per heavy atom. The molecule has 2 aromatic carbocycles. The van der Waals surface area contributed by atoms with E-state index in [-0.39, 0.29) is 11.5 Å². The summed E-state index contributed by atoms with van der Waals surface area (Å²) in [5.41, 5.74) is 7.40. The van der Waals surface area contributed by atoms with E-state index in [0.29, 0.717) is 17.8 Å². The maximum absolute atomic E-state index is 14.3. The van der Waals surface area contributed by atoms with E-state index in [9.17, 15) is 9.18 Å². The highest BCUT2D eigenvalue weighted by Crippen LogP contribution is 2.35. The van der Waals surface area contributed by atoms with Gasteiger partial charge in [-0.3, -0.25) is 4.79 Å². The Labute approximate surface area is 126 Å². The summed E-state index contributed by atoms with van der Waals surface area (Å²) in [6.45, 7) is 2.18.